The van der Waals surface area contributed by atoms with Gasteiger partial charge in [0.1, 0.15) is 18.1 Å². The van der Waals surface area contributed by atoms with E-state index in [4.69, 9.17) is 5.73 Å². The lowest BCUT2D eigenvalue weighted by Crippen LogP contribution is -2.58. The van der Waals surface area contributed by atoms with Crippen molar-refractivity contribution in [3.8, 4) is 0 Å². The summed E-state index contributed by atoms with van der Waals surface area (Å²) >= 11 is 0. The molecule has 1 aliphatic heterocycles. The Labute approximate surface area is 193 Å². The first-order valence-electron chi connectivity index (χ1n) is 11.4. The highest BCUT2D eigenvalue weighted by Gasteiger charge is 2.38. The van der Waals surface area contributed by atoms with Gasteiger partial charge in [0.25, 0.3) is 0 Å². The minimum absolute atomic E-state index is 0.0696. The van der Waals surface area contributed by atoms with Crippen molar-refractivity contribution in [3.63, 3.8) is 0 Å². The number of aromatic nitrogens is 2. The van der Waals surface area contributed by atoms with Crippen LogP contribution in [0.5, 0.6) is 0 Å². The molecule has 1 aromatic heterocycles. The number of imidazole rings is 1. The van der Waals surface area contributed by atoms with E-state index in [1.807, 2.05) is 13.8 Å². The Morgan fingerprint density at radius 1 is 1.18 bits per heavy atom. The van der Waals surface area contributed by atoms with Crippen molar-refractivity contribution in [2.45, 2.75) is 77.5 Å². The van der Waals surface area contributed by atoms with Gasteiger partial charge < -0.3 is 31.4 Å². The number of carboxylic acids is 1. The number of carbonyl (C=O) groups is 4. The third-order valence-corrected chi connectivity index (χ3v) is 5.78. The molecule has 184 valence electrons. The Kier molecular flexibility index (Phi) is 9.39. The van der Waals surface area contributed by atoms with Gasteiger partial charge in [-0.2, -0.15) is 0 Å². The smallest absolute Gasteiger partial charge is 0.326 e. The molecule has 6 N–H and O–H groups in total. The van der Waals surface area contributed by atoms with Crippen LogP contribution < -0.4 is 16.4 Å². The molecule has 0 bridgehead atoms. The van der Waals surface area contributed by atoms with Gasteiger partial charge in [0.05, 0.1) is 12.4 Å². The van der Waals surface area contributed by atoms with Crippen molar-refractivity contribution in [3.05, 3.63) is 18.2 Å². The molecule has 11 nitrogen and oxygen atoms in total. The first kappa shape index (κ1) is 26.3. The van der Waals surface area contributed by atoms with Crippen LogP contribution in [0.3, 0.4) is 0 Å². The Hall–Kier alpha value is -2.95. The summed E-state index contributed by atoms with van der Waals surface area (Å²) < 4.78 is 0. The van der Waals surface area contributed by atoms with Gasteiger partial charge >= 0.3 is 5.97 Å². The normalized spacial score (nSPS) is 18.8. The van der Waals surface area contributed by atoms with Gasteiger partial charge in [-0.3, -0.25) is 14.4 Å². The first-order valence-corrected chi connectivity index (χ1v) is 11.4. The van der Waals surface area contributed by atoms with Crippen LogP contribution >= 0.6 is 0 Å². The van der Waals surface area contributed by atoms with E-state index in [0.29, 0.717) is 31.5 Å². The zero-order valence-electron chi connectivity index (χ0n) is 19.7. The number of nitrogens with two attached hydrogens (primary N) is 1. The molecule has 0 saturated carbocycles. The van der Waals surface area contributed by atoms with Crippen molar-refractivity contribution < 1.29 is 24.3 Å². The molecule has 0 spiro atoms. The number of H-pyrrole nitrogens is 1. The summed E-state index contributed by atoms with van der Waals surface area (Å²) in [4.78, 5) is 58.8. The molecule has 0 aliphatic carbocycles. The predicted octanol–water partition coefficient (Wildman–Crippen LogP) is 0.0268. The largest absolute Gasteiger partial charge is 0.480 e. The number of carbonyl (C=O) groups excluding carboxylic acids is 3. The molecule has 1 fully saturated rings. The van der Waals surface area contributed by atoms with Gasteiger partial charge in [-0.15, -0.1) is 0 Å². The number of hydrogen-bond donors (Lipinski definition) is 5. The van der Waals surface area contributed by atoms with Gasteiger partial charge in [-0.1, -0.05) is 27.7 Å². The number of rotatable bonds is 11. The number of carboxylic acid groups (broad SMARTS) is 1. The number of hydrogen-bond acceptors (Lipinski definition) is 6. The molecule has 33 heavy (non-hydrogen) atoms. The van der Waals surface area contributed by atoms with E-state index in [1.165, 1.54) is 11.2 Å². The number of likely N-dealkylation sites (tertiary alicyclic amines) is 1. The molecule has 1 saturated heterocycles. The summed E-state index contributed by atoms with van der Waals surface area (Å²) in [5.41, 5.74) is 6.57. The third-order valence-electron chi connectivity index (χ3n) is 5.78. The van der Waals surface area contributed by atoms with E-state index in [-0.39, 0.29) is 18.3 Å². The van der Waals surface area contributed by atoms with Crippen LogP contribution in [0.4, 0.5) is 0 Å². The number of aliphatic carboxylic acids is 1. The number of aromatic amines is 1. The van der Waals surface area contributed by atoms with Gasteiger partial charge in [-0.05, 0) is 31.1 Å². The van der Waals surface area contributed by atoms with Crippen LogP contribution in [0.25, 0.3) is 0 Å². The monoisotopic (exact) mass is 464 g/mol. The lowest BCUT2D eigenvalue weighted by molar-refractivity contribution is -0.149. The minimum atomic E-state index is -1.05. The molecule has 4 unspecified atom stereocenters. The van der Waals surface area contributed by atoms with E-state index >= 15 is 0 Å². The summed E-state index contributed by atoms with van der Waals surface area (Å²) in [7, 11) is 0. The standard InChI is InChI=1S/C22H36N6O5/c1-12(2)8-16(21(31)28-7-5-6-17(28)22(32)33)27-19(29)15(9-14-10-24-11-25-14)26-20(30)18(23)13(3)4/h10-13,15-18H,5-9,23H2,1-4H3,(H,24,25)(H,26,30)(H,27,29)(H,32,33). The molecular weight excluding hydrogens is 428 g/mol. The number of nitrogens with one attached hydrogen (secondary N) is 3. The molecule has 11 heteroatoms. The molecular formula is C22H36N6O5. The molecule has 0 radical (unpaired) electrons. The van der Waals surface area contributed by atoms with E-state index in [9.17, 15) is 24.3 Å². The number of amides is 3. The maximum absolute atomic E-state index is 13.2. The fourth-order valence-corrected chi connectivity index (χ4v) is 3.85. The van der Waals surface area contributed by atoms with E-state index in [0.717, 1.165) is 0 Å². The van der Waals surface area contributed by atoms with Crippen LogP contribution in [-0.2, 0) is 25.6 Å². The highest BCUT2D eigenvalue weighted by molar-refractivity contribution is 5.94. The Morgan fingerprint density at radius 3 is 2.39 bits per heavy atom. The Bertz CT molecular complexity index is 825. The van der Waals surface area contributed by atoms with Crippen LogP contribution in [0, 0.1) is 11.8 Å². The van der Waals surface area contributed by atoms with Crippen molar-refractivity contribution in [2.24, 2.45) is 17.6 Å². The highest BCUT2D eigenvalue weighted by atomic mass is 16.4. The van der Waals surface area contributed by atoms with Gasteiger partial charge in [-0.25, -0.2) is 9.78 Å². The first-order chi connectivity index (χ1) is 15.5. The molecule has 3 amide bonds. The van der Waals surface area contributed by atoms with Gasteiger partial charge in [0.2, 0.25) is 17.7 Å². The zero-order chi connectivity index (χ0) is 24.7. The maximum atomic E-state index is 13.2. The average Bonchev–Trinajstić information content (AvgIpc) is 3.43. The van der Waals surface area contributed by atoms with Crippen LogP contribution in [-0.4, -0.2) is 74.4 Å². The van der Waals surface area contributed by atoms with Gasteiger partial charge in [0, 0.05) is 24.9 Å². The van der Waals surface area contributed by atoms with E-state index < -0.39 is 47.9 Å². The quantitative estimate of drug-likeness (QED) is 0.307. The van der Waals surface area contributed by atoms with Crippen LogP contribution in [0.2, 0.25) is 0 Å². The van der Waals surface area contributed by atoms with Crippen molar-refractivity contribution >= 4 is 23.7 Å². The molecule has 1 aliphatic rings. The molecule has 1 aromatic rings. The minimum Gasteiger partial charge on any atom is -0.480 e. The molecule has 4 atom stereocenters. The predicted molar refractivity (Wildman–Crippen MR) is 121 cm³/mol. The van der Waals surface area contributed by atoms with Crippen molar-refractivity contribution in [1.82, 2.24) is 25.5 Å². The van der Waals surface area contributed by atoms with Crippen molar-refractivity contribution in [2.75, 3.05) is 6.54 Å². The SMILES string of the molecule is CC(C)CC(NC(=O)C(Cc1cnc[nH]1)NC(=O)C(N)C(C)C)C(=O)N1CCCC1C(=O)O. The Balaban J connectivity index is 2.21. The van der Waals surface area contributed by atoms with Crippen LogP contribution in [0.15, 0.2) is 12.5 Å². The molecule has 0 aromatic carbocycles. The zero-order valence-corrected chi connectivity index (χ0v) is 19.7. The van der Waals surface area contributed by atoms with E-state index in [1.54, 1.807) is 20.0 Å². The average molecular weight is 465 g/mol. The lowest BCUT2D eigenvalue weighted by atomic mass is 10.0. The molecule has 2 heterocycles. The van der Waals surface area contributed by atoms with Crippen LogP contribution in [0.1, 0.15) is 52.7 Å². The summed E-state index contributed by atoms with van der Waals surface area (Å²) in [6, 6.07) is -3.58. The van der Waals surface area contributed by atoms with E-state index in [2.05, 4.69) is 20.6 Å². The molecule has 2 rings (SSSR count). The topological polar surface area (TPSA) is 171 Å². The second kappa shape index (κ2) is 11.8. The second-order valence-electron chi connectivity index (χ2n) is 9.33. The summed E-state index contributed by atoms with van der Waals surface area (Å²) in [6.07, 6.45) is 4.46. The fourth-order valence-electron chi connectivity index (χ4n) is 3.85. The summed E-state index contributed by atoms with van der Waals surface area (Å²) in [5.74, 6) is -2.55. The fraction of sp³-hybridized carbons (Fsp3) is 0.682. The van der Waals surface area contributed by atoms with Gasteiger partial charge in [0.15, 0.2) is 0 Å². The summed E-state index contributed by atoms with van der Waals surface area (Å²) in [5, 5.41) is 14.9. The maximum Gasteiger partial charge on any atom is 0.326 e. The highest BCUT2D eigenvalue weighted by Crippen LogP contribution is 2.20. The van der Waals surface area contributed by atoms with Crippen molar-refractivity contribution in [1.29, 1.82) is 0 Å². The Morgan fingerprint density at radius 2 is 1.85 bits per heavy atom. The summed E-state index contributed by atoms with van der Waals surface area (Å²) in [6.45, 7) is 7.77. The lowest BCUT2D eigenvalue weighted by Gasteiger charge is -2.30. The second-order valence-corrected chi connectivity index (χ2v) is 9.33. The third kappa shape index (κ3) is 7.28. The number of nitrogens with zero attached hydrogens (tertiary/aromatic N) is 2.